The first-order chi connectivity index (χ1) is 7.18. The molecule has 0 saturated carbocycles. The van der Waals surface area contributed by atoms with Gasteiger partial charge in [0.2, 0.25) is 0 Å². The van der Waals surface area contributed by atoms with Crippen molar-refractivity contribution in [1.29, 1.82) is 0 Å². The van der Waals surface area contributed by atoms with E-state index in [0.29, 0.717) is 6.54 Å². The first-order valence-electron chi connectivity index (χ1n) is 4.58. The molecule has 1 N–H and O–H groups in total. The van der Waals surface area contributed by atoms with Crippen LogP contribution in [-0.2, 0) is 4.79 Å². The van der Waals surface area contributed by atoms with Gasteiger partial charge in [-0.25, -0.2) is 0 Å². The zero-order chi connectivity index (χ0) is 10.8. The number of anilines is 1. The van der Waals surface area contributed by atoms with E-state index in [9.17, 15) is 4.79 Å². The van der Waals surface area contributed by atoms with E-state index in [4.69, 9.17) is 5.11 Å². The van der Waals surface area contributed by atoms with Gasteiger partial charge in [0.25, 0.3) is 0 Å². The van der Waals surface area contributed by atoms with Crippen molar-refractivity contribution in [2.45, 2.75) is 15.6 Å². The third kappa shape index (κ3) is 2.30. The fourth-order valence-electron chi connectivity index (χ4n) is 1.52. The second-order valence-corrected chi connectivity index (χ2v) is 5.96. The van der Waals surface area contributed by atoms with Crippen LogP contribution in [0.4, 0.5) is 5.69 Å². The van der Waals surface area contributed by atoms with Crippen LogP contribution in [0.25, 0.3) is 0 Å². The Morgan fingerprint density at radius 3 is 3.00 bits per heavy atom. The number of rotatable bonds is 3. The average molecular weight is 287 g/mol. The summed E-state index contributed by atoms with van der Waals surface area (Å²) < 4.78 is 0.210. The minimum atomic E-state index is -0.753. The molecule has 1 unspecified atom stereocenters. The first kappa shape index (κ1) is 10.9. The zero-order valence-corrected chi connectivity index (χ0v) is 10.4. The molecule has 0 spiro atoms. The molecular formula is C10H10NO2SSe. The molecule has 0 saturated heterocycles. The van der Waals surface area contributed by atoms with Gasteiger partial charge in [-0.05, 0) is 0 Å². The maximum atomic E-state index is 10.5. The first-order valence-corrected chi connectivity index (χ1v) is 6.45. The number of benzene rings is 1. The number of aliphatic carboxylic acids is 1. The Kier molecular flexibility index (Phi) is 3.24. The third-order valence-corrected chi connectivity index (χ3v) is 4.42. The van der Waals surface area contributed by atoms with Gasteiger partial charge in [-0.2, -0.15) is 0 Å². The molecule has 0 aliphatic carbocycles. The van der Waals surface area contributed by atoms with Crippen molar-refractivity contribution < 1.29 is 9.90 Å². The average Bonchev–Trinajstić information content (AvgIpc) is 2.50. The van der Waals surface area contributed by atoms with E-state index in [0.717, 1.165) is 5.69 Å². The van der Waals surface area contributed by atoms with Gasteiger partial charge < -0.3 is 0 Å². The standard InChI is InChI=1S/C10H10NO2SSe/c12-9(13)5-6-11-7-3-1-2-4-8(7)14-10(11)15/h1-4,10H,5-6H2,(H,12,13). The van der Waals surface area contributed by atoms with Crippen LogP contribution >= 0.6 is 11.8 Å². The second kappa shape index (κ2) is 4.47. The molecule has 1 atom stereocenters. The summed E-state index contributed by atoms with van der Waals surface area (Å²) in [5, 5.41) is 8.66. The molecule has 79 valence electrons. The Balaban J connectivity index is 2.15. The number of para-hydroxylation sites is 1. The predicted molar refractivity (Wildman–Crippen MR) is 61.4 cm³/mol. The predicted octanol–water partition coefficient (Wildman–Crippen LogP) is 1.53. The van der Waals surface area contributed by atoms with Crippen molar-refractivity contribution in [1.82, 2.24) is 0 Å². The summed E-state index contributed by atoms with van der Waals surface area (Å²) >= 11 is 4.78. The molecule has 1 aliphatic heterocycles. The van der Waals surface area contributed by atoms with Crippen molar-refractivity contribution in [3.63, 3.8) is 0 Å². The Labute approximate surface area is 101 Å². The molecule has 1 aromatic carbocycles. The summed E-state index contributed by atoms with van der Waals surface area (Å²) in [5.41, 5.74) is 1.13. The zero-order valence-electron chi connectivity index (χ0n) is 7.92. The topological polar surface area (TPSA) is 40.5 Å². The Morgan fingerprint density at radius 2 is 2.27 bits per heavy atom. The SMILES string of the molecule is O=C(O)CCN1c2ccccc2SC1[Se]. The van der Waals surface area contributed by atoms with Crippen molar-refractivity contribution in [3.8, 4) is 0 Å². The van der Waals surface area contributed by atoms with Crippen molar-refractivity contribution in [2.24, 2.45) is 0 Å². The second-order valence-electron chi connectivity index (χ2n) is 3.23. The van der Waals surface area contributed by atoms with Gasteiger partial charge in [-0.1, -0.05) is 0 Å². The molecule has 2 rings (SSSR count). The molecule has 0 bridgehead atoms. The molecule has 15 heavy (non-hydrogen) atoms. The number of hydrogen-bond acceptors (Lipinski definition) is 3. The Morgan fingerprint density at radius 1 is 1.53 bits per heavy atom. The van der Waals surface area contributed by atoms with Gasteiger partial charge in [0, 0.05) is 0 Å². The number of carboxylic acid groups (broad SMARTS) is 1. The van der Waals surface area contributed by atoms with Crippen molar-refractivity contribution in [3.05, 3.63) is 24.3 Å². The minimum absolute atomic E-state index is 0.174. The molecule has 0 aromatic heterocycles. The number of carbonyl (C=O) groups is 1. The molecule has 3 nitrogen and oxygen atoms in total. The monoisotopic (exact) mass is 288 g/mol. The van der Waals surface area contributed by atoms with Crippen molar-refractivity contribution >= 4 is 39.4 Å². The molecule has 1 radical (unpaired) electrons. The van der Waals surface area contributed by atoms with Crippen LogP contribution in [0.5, 0.6) is 0 Å². The van der Waals surface area contributed by atoms with Gasteiger partial charge in [-0.3, -0.25) is 0 Å². The number of carboxylic acids is 1. The normalized spacial score (nSPS) is 19.0. The molecule has 1 aromatic rings. The molecule has 1 aliphatic rings. The maximum absolute atomic E-state index is 10.5. The summed E-state index contributed by atoms with van der Waals surface area (Å²) in [6.07, 6.45) is 0.174. The van der Waals surface area contributed by atoms with Gasteiger partial charge in [0.05, 0.1) is 0 Å². The van der Waals surface area contributed by atoms with Crippen LogP contribution in [0, 0.1) is 0 Å². The number of hydrogen-bond donors (Lipinski definition) is 1. The van der Waals surface area contributed by atoms with Gasteiger partial charge in [0.1, 0.15) is 0 Å². The van der Waals surface area contributed by atoms with E-state index in [1.807, 2.05) is 18.2 Å². The van der Waals surface area contributed by atoms with Crippen LogP contribution < -0.4 is 4.90 Å². The third-order valence-electron chi connectivity index (χ3n) is 2.22. The quantitative estimate of drug-likeness (QED) is 0.856. The molecule has 0 amide bonds. The number of nitrogens with zero attached hydrogens (tertiary/aromatic N) is 1. The van der Waals surface area contributed by atoms with Crippen LogP contribution in [0.15, 0.2) is 29.2 Å². The summed E-state index contributed by atoms with van der Waals surface area (Å²) in [7, 11) is 0. The summed E-state index contributed by atoms with van der Waals surface area (Å²) in [6, 6.07) is 8.07. The van der Waals surface area contributed by atoms with E-state index in [1.54, 1.807) is 11.8 Å². The summed E-state index contributed by atoms with van der Waals surface area (Å²) in [5.74, 6) is -0.753. The van der Waals surface area contributed by atoms with E-state index >= 15 is 0 Å². The van der Waals surface area contributed by atoms with Crippen molar-refractivity contribution in [2.75, 3.05) is 11.4 Å². The van der Waals surface area contributed by atoms with E-state index < -0.39 is 5.97 Å². The van der Waals surface area contributed by atoms with E-state index in [1.165, 1.54) is 4.90 Å². The van der Waals surface area contributed by atoms with E-state index in [-0.39, 0.29) is 10.7 Å². The molecule has 5 heteroatoms. The Hall–Kier alpha value is -0.641. The Bertz CT molecular complexity index is 385. The fraction of sp³-hybridized carbons (Fsp3) is 0.300. The summed E-state index contributed by atoms with van der Waals surface area (Å²) in [4.78, 5) is 13.8. The van der Waals surface area contributed by atoms with Crippen LogP contribution in [0.3, 0.4) is 0 Å². The molecule has 1 heterocycles. The number of thioether (sulfide) groups is 1. The van der Waals surface area contributed by atoms with Crippen LogP contribution in [-0.4, -0.2) is 37.9 Å². The van der Waals surface area contributed by atoms with Gasteiger partial charge in [0.15, 0.2) is 0 Å². The van der Waals surface area contributed by atoms with E-state index in [2.05, 4.69) is 27.0 Å². The van der Waals surface area contributed by atoms with Gasteiger partial charge >= 0.3 is 101 Å². The van der Waals surface area contributed by atoms with Crippen LogP contribution in [0.1, 0.15) is 6.42 Å². The van der Waals surface area contributed by atoms with Gasteiger partial charge in [-0.15, -0.1) is 0 Å². The number of fused-ring (bicyclic) bond motifs is 1. The van der Waals surface area contributed by atoms with Crippen LogP contribution in [0.2, 0.25) is 0 Å². The summed E-state index contributed by atoms with van der Waals surface area (Å²) in [6.45, 7) is 0.553. The fourth-order valence-corrected chi connectivity index (χ4v) is 3.66. The molecular weight excluding hydrogens is 277 g/mol. The molecule has 0 fully saturated rings.